The van der Waals surface area contributed by atoms with Crippen LogP contribution in [0.2, 0.25) is 0 Å². The molecule has 156 valence electrons. The van der Waals surface area contributed by atoms with E-state index in [0.29, 0.717) is 6.42 Å². The molecule has 0 bridgehead atoms. The maximum atomic E-state index is 11.6. The van der Waals surface area contributed by atoms with Crippen LogP contribution in [0.5, 0.6) is 0 Å². The van der Waals surface area contributed by atoms with Crippen LogP contribution in [0.15, 0.2) is 42.7 Å². The second-order valence-electron chi connectivity index (χ2n) is 8.69. The first-order chi connectivity index (χ1) is 13.9. The van der Waals surface area contributed by atoms with Gasteiger partial charge in [0.1, 0.15) is 6.10 Å². The Balaban J connectivity index is 1.36. The summed E-state index contributed by atoms with van der Waals surface area (Å²) in [7, 11) is 0. The van der Waals surface area contributed by atoms with Gasteiger partial charge < -0.3 is 15.2 Å². The van der Waals surface area contributed by atoms with Crippen molar-refractivity contribution in [2.75, 3.05) is 19.7 Å². The molecule has 7 heteroatoms. The summed E-state index contributed by atoms with van der Waals surface area (Å²) in [6.07, 6.45) is 5.75. The third-order valence-electron chi connectivity index (χ3n) is 6.26. The number of aromatic nitrogens is 2. The standard InChI is InChI=1S/C22H30N4O3/c1-17(27)24-21(2)16-22(29-15-20(21)28)8-10-25(11-9-22)13-18-12-23-26(14-18)19-6-4-3-5-7-19/h3-7,12,14,20,28H,8-11,13,15-16H2,1-2H3,(H,24,27)/t20-,21-/m0/s1. The Bertz CT molecular complexity index is 845. The second kappa shape index (κ2) is 7.89. The number of ether oxygens (including phenoxy) is 1. The Kier molecular flexibility index (Phi) is 5.46. The summed E-state index contributed by atoms with van der Waals surface area (Å²) in [6, 6.07) is 10.1. The third-order valence-corrected chi connectivity index (χ3v) is 6.26. The SMILES string of the molecule is CC(=O)N[C@@]1(C)CC2(CCN(Cc3cnn(-c4ccccc4)c3)CC2)OC[C@@H]1O. The molecule has 0 saturated carbocycles. The minimum absolute atomic E-state index is 0.114. The molecule has 1 amide bonds. The van der Waals surface area contributed by atoms with Gasteiger partial charge in [0, 0.05) is 44.7 Å². The number of para-hydroxylation sites is 1. The Labute approximate surface area is 171 Å². The summed E-state index contributed by atoms with van der Waals surface area (Å²) in [5.41, 5.74) is 1.33. The van der Waals surface area contributed by atoms with E-state index < -0.39 is 11.6 Å². The molecule has 1 aromatic heterocycles. The highest BCUT2D eigenvalue weighted by Crippen LogP contribution is 2.39. The maximum Gasteiger partial charge on any atom is 0.217 e. The molecule has 2 fully saturated rings. The van der Waals surface area contributed by atoms with E-state index in [4.69, 9.17) is 4.74 Å². The number of amides is 1. The van der Waals surface area contributed by atoms with Crippen LogP contribution in [0.3, 0.4) is 0 Å². The number of hydrogen-bond donors (Lipinski definition) is 2. The van der Waals surface area contributed by atoms with Gasteiger partial charge in [0.25, 0.3) is 0 Å². The first-order valence-corrected chi connectivity index (χ1v) is 10.3. The lowest BCUT2D eigenvalue weighted by Crippen LogP contribution is -2.65. The van der Waals surface area contributed by atoms with Crippen LogP contribution in [0, 0.1) is 0 Å². The Morgan fingerprint density at radius 3 is 2.72 bits per heavy atom. The van der Waals surface area contributed by atoms with Crippen molar-refractivity contribution in [3.05, 3.63) is 48.3 Å². The molecule has 4 rings (SSSR count). The van der Waals surface area contributed by atoms with E-state index in [-0.39, 0.29) is 18.1 Å². The number of aliphatic hydroxyl groups excluding tert-OH is 1. The quantitative estimate of drug-likeness (QED) is 0.822. The van der Waals surface area contributed by atoms with Gasteiger partial charge in [0.15, 0.2) is 0 Å². The van der Waals surface area contributed by atoms with E-state index in [1.165, 1.54) is 12.5 Å². The monoisotopic (exact) mass is 398 g/mol. The fourth-order valence-corrected chi connectivity index (χ4v) is 4.67. The Hall–Kier alpha value is -2.22. The zero-order valence-electron chi connectivity index (χ0n) is 17.2. The van der Waals surface area contributed by atoms with Crippen molar-refractivity contribution in [1.29, 1.82) is 0 Å². The molecule has 2 N–H and O–H groups in total. The molecule has 0 aliphatic carbocycles. The van der Waals surface area contributed by atoms with Crippen molar-refractivity contribution in [1.82, 2.24) is 20.0 Å². The number of aliphatic hydroxyl groups is 1. The van der Waals surface area contributed by atoms with Crippen molar-refractivity contribution in [2.24, 2.45) is 0 Å². The van der Waals surface area contributed by atoms with Gasteiger partial charge in [-0.3, -0.25) is 9.69 Å². The van der Waals surface area contributed by atoms with Gasteiger partial charge in [-0.25, -0.2) is 4.68 Å². The number of nitrogens with one attached hydrogen (secondary N) is 1. The van der Waals surface area contributed by atoms with E-state index >= 15 is 0 Å². The fraction of sp³-hybridized carbons (Fsp3) is 0.545. The van der Waals surface area contributed by atoms with Crippen LogP contribution in [-0.2, 0) is 16.1 Å². The number of hydrogen-bond acceptors (Lipinski definition) is 5. The van der Waals surface area contributed by atoms with E-state index in [1.807, 2.05) is 48.1 Å². The van der Waals surface area contributed by atoms with E-state index in [9.17, 15) is 9.90 Å². The predicted molar refractivity (Wildman–Crippen MR) is 110 cm³/mol. The van der Waals surface area contributed by atoms with Crippen molar-refractivity contribution < 1.29 is 14.6 Å². The van der Waals surface area contributed by atoms with E-state index in [2.05, 4.69) is 21.5 Å². The Morgan fingerprint density at radius 2 is 2.03 bits per heavy atom. The number of rotatable bonds is 4. The molecule has 2 aliphatic heterocycles. The molecule has 2 atom stereocenters. The smallest absolute Gasteiger partial charge is 0.217 e. The summed E-state index contributed by atoms with van der Waals surface area (Å²) in [5.74, 6) is -0.114. The van der Waals surface area contributed by atoms with Crippen LogP contribution in [0.1, 0.15) is 38.7 Å². The summed E-state index contributed by atoms with van der Waals surface area (Å²) in [6.45, 7) is 6.38. The van der Waals surface area contributed by atoms with Crippen molar-refractivity contribution in [3.63, 3.8) is 0 Å². The number of carbonyl (C=O) groups excluding carboxylic acids is 1. The lowest BCUT2D eigenvalue weighted by atomic mass is 9.74. The third kappa shape index (κ3) is 4.37. The van der Waals surface area contributed by atoms with Gasteiger partial charge >= 0.3 is 0 Å². The number of benzene rings is 1. The molecule has 7 nitrogen and oxygen atoms in total. The number of nitrogens with zero attached hydrogens (tertiary/aromatic N) is 3. The molecule has 0 unspecified atom stereocenters. The molecule has 2 aromatic rings. The largest absolute Gasteiger partial charge is 0.388 e. The van der Waals surface area contributed by atoms with Gasteiger partial charge in [-0.2, -0.15) is 5.10 Å². The first-order valence-electron chi connectivity index (χ1n) is 10.3. The molecule has 29 heavy (non-hydrogen) atoms. The van der Waals surface area contributed by atoms with Gasteiger partial charge in [-0.15, -0.1) is 0 Å². The van der Waals surface area contributed by atoms with Gasteiger partial charge in [-0.05, 0) is 31.9 Å². The average molecular weight is 399 g/mol. The van der Waals surface area contributed by atoms with Crippen LogP contribution >= 0.6 is 0 Å². The van der Waals surface area contributed by atoms with Crippen LogP contribution < -0.4 is 5.32 Å². The highest BCUT2D eigenvalue weighted by molar-refractivity contribution is 5.74. The van der Waals surface area contributed by atoms with E-state index in [1.54, 1.807) is 0 Å². The molecule has 2 aliphatic rings. The highest BCUT2D eigenvalue weighted by atomic mass is 16.5. The van der Waals surface area contributed by atoms with Crippen molar-refractivity contribution >= 4 is 5.91 Å². The molecular formula is C22H30N4O3. The van der Waals surface area contributed by atoms with Gasteiger partial charge in [0.05, 0.1) is 29.6 Å². The first kappa shape index (κ1) is 20.1. The van der Waals surface area contributed by atoms with Crippen LogP contribution in [0.4, 0.5) is 0 Å². The number of piperidine rings is 1. The minimum Gasteiger partial charge on any atom is -0.388 e. The number of likely N-dealkylation sites (tertiary alicyclic amines) is 1. The molecule has 0 radical (unpaired) electrons. The molecular weight excluding hydrogens is 368 g/mol. The summed E-state index contributed by atoms with van der Waals surface area (Å²) >= 11 is 0. The zero-order valence-corrected chi connectivity index (χ0v) is 17.2. The van der Waals surface area contributed by atoms with Crippen molar-refractivity contribution in [2.45, 2.75) is 56.9 Å². The Morgan fingerprint density at radius 1 is 1.31 bits per heavy atom. The second-order valence-corrected chi connectivity index (χ2v) is 8.69. The van der Waals surface area contributed by atoms with Gasteiger partial charge in [-0.1, -0.05) is 18.2 Å². The fourth-order valence-electron chi connectivity index (χ4n) is 4.67. The topological polar surface area (TPSA) is 79.6 Å². The molecule has 2 saturated heterocycles. The van der Waals surface area contributed by atoms with Crippen LogP contribution in [0.25, 0.3) is 5.69 Å². The predicted octanol–water partition coefficient (Wildman–Crippen LogP) is 1.88. The van der Waals surface area contributed by atoms with Crippen LogP contribution in [-0.4, -0.2) is 62.6 Å². The molecule has 3 heterocycles. The molecule has 1 aromatic carbocycles. The zero-order chi connectivity index (χ0) is 20.5. The summed E-state index contributed by atoms with van der Waals surface area (Å²) in [5, 5.41) is 17.8. The normalized spacial score (nSPS) is 27.1. The van der Waals surface area contributed by atoms with Crippen molar-refractivity contribution in [3.8, 4) is 5.69 Å². The molecule has 1 spiro atoms. The van der Waals surface area contributed by atoms with Gasteiger partial charge in [0.2, 0.25) is 5.91 Å². The lowest BCUT2D eigenvalue weighted by Gasteiger charge is -2.52. The maximum absolute atomic E-state index is 11.6. The number of carbonyl (C=O) groups is 1. The highest BCUT2D eigenvalue weighted by Gasteiger charge is 2.49. The average Bonchev–Trinajstić information content (AvgIpc) is 3.16. The lowest BCUT2D eigenvalue weighted by molar-refractivity contribution is -0.181. The van der Waals surface area contributed by atoms with E-state index in [0.717, 1.165) is 38.2 Å². The summed E-state index contributed by atoms with van der Waals surface area (Å²) in [4.78, 5) is 14.0. The minimum atomic E-state index is -0.682. The summed E-state index contributed by atoms with van der Waals surface area (Å²) < 4.78 is 8.02.